The SMILES string of the molecule is Cc1ccc(CN(C)Cc2csc(CN)n2)cc1. The van der Waals surface area contributed by atoms with Crippen LogP contribution in [-0.2, 0) is 19.6 Å². The molecule has 0 fully saturated rings. The Hall–Kier alpha value is -1.23. The summed E-state index contributed by atoms with van der Waals surface area (Å²) in [5, 5.41) is 3.10. The van der Waals surface area contributed by atoms with E-state index in [4.69, 9.17) is 5.73 Å². The molecule has 0 aliphatic rings. The van der Waals surface area contributed by atoms with E-state index >= 15 is 0 Å². The summed E-state index contributed by atoms with van der Waals surface area (Å²) in [7, 11) is 2.11. The first-order chi connectivity index (χ1) is 8.67. The maximum Gasteiger partial charge on any atom is 0.106 e. The summed E-state index contributed by atoms with van der Waals surface area (Å²) in [6.45, 7) is 4.45. The molecule has 96 valence electrons. The molecule has 18 heavy (non-hydrogen) atoms. The molecule has 2 rings (SSSR count). The predicted octanol–water partition coefficient (Wildman–Crippen LogP) is 2.54. The first kappa shape index (κ1) is 13.2. The monoisotopic (exact) mass is 261 g/mol. The number of benzene rings is 1. The van der Waals surface area contributed by atoms with Crippen LogP contribution in [0.3, 0.4) is 0 Å². The van der Waals surface area contributed by atoms with E-state index in [2.05, 4.69) is 53.5 Å². The highest BCUT2D eigenvalue weighted by Gasteiger charge is 2.05. The lowest BCUT2D eigenvalue weighted by Crippen LogP contribution is -2.17. The average molecular weight is 261 g/mol. The molecule has 2 N–H and O–H groups in total. The van der Waals surface area contributed by atoms with Crippen LogP contribution in [-0.4, -0.2) is 16.9 Å². The fourth-order valence-electron chi connectivity index (χ4n) is 1.85. The Bertz CT molecular complexity index is 490. The predicted molar refractivity (Wildman–Crippen MR) is 76.4 cm³/mol. The maximum atomic E-state index is 5.57. The van der Waals surface area contributed by atoms with Crippen molar-refractivity contribution >= 4 is 11.3 Å². The first-order valence-electron chi connectivity index (χ1n) is 6.05. The summed E-state index contributed by atoms with van der Waals surface area (Å²) in [5.41, 5.74) is 9.30. The third-order valence-electron chi connectivity index (χ3n) is 2.78. The Kier molecular flexibility index (Phi) is 4.47. The minimum atomic E-state index is 0.534. The van der Waals surface area contributed by atoms with E-state index in [1.807, 2.05) is 0 Å². The zero-order valence-electron chi connectivity index (χ0n) is 10.9. The van der Waals surface area contributed by atoms with Gasteiger partial charge >= 0.3 is 0 Å². The van der Waals surface area contributed by atoms with Gasteiger partial charge in [0.15, 0.2) is 0 Å². The summed E-state index contributed by atoms with van der Waals surface area (Å²) < 4.78 is 0. The summed E-state index contributed by atoms with van der Waals surface area (Å²) in [6.07, 6.45) is 0. The maximum absolute atomic E-state index is 5.57. The molecule has 2 aromatic rings. The molecule has 3 nitrogen and oxygen atoms in total. The summed E-state index contributed by atoms with van der Waals surface area (Å²) in [4.78, 5) is 6.74. The number of nitrogens with two attached hydrogens (primary N) is 1. The van der Waals surface area contributed by atoms with Crippen LogP contribution in [0.4, 0.5) is 0 Å². The number of rotatable bonds is 5. The van der Waals surface area contributed by atoms with Crippen molar-refractivity contribution in [1.82, 2.24) is 9.88 Å². The normalized spacial score (nSPS) is 11.1. The van der Waals surface area contributed by atoms with Gasteiger partial charge in [-0.1, -0.05) is 29.8 Å². The number of hydrogen-bond acceptors (Lipinski definition) is 4. The summed E-state index contributed by atoms with van der Waals surface area (Å²) in [5.74, 6) is 0. The van der Waals surface area contributed by atoms with Crippen molar-refractivity contribution in [1.29, 1.82) is 0 Å². The average Bonchev–Trinajstić information content (AvgIpc) is 2.79. The molecule has 0 unspecified atom stereocenters. The molecule has 1 aromatic carbocycles. The van der Waals surface area contributed by atoms with Crippen LogP contribution in [0.15, 0.2) is 29.6 Å². The topological polar surface area (TPSA) is 42.1 Å². The van der Waals surface area contributed by atoms with Crippen molar-refractivity contribution < 1.29 is 0 Å². The van der Waals surface area contributed by atoms with E-state index in [-0.39, 0.29) is 0 Å². The molecular weight excluding hydrogens is 242 g/mol. The molecule has 0 bridgehead atoms. The van der Waals surface area contributed by atoms with Crippen molar-refractivity contribution in [2.24, 2.45) is 5.73 Å². The second-order valence-electron chi connectivity index (χ2n) is 4.59. The van der Waals surface area contributed by atoms with Gasteiger partial charge in [-0.15, -0.1) is 11.3 Å². The zero-order valence-corrected chi connectivity index (χ0v) is 11.7. The van der Waals surface area contributed by atoms with E-state index in [9.17, 15) is 0 Å². The van der Waals surface area contributed by atoms with E-state index < -0.39 is 0 Å². The second-order valence-corrected chi connectivity index (χ2v) is 5.54. The number of aromatic nitrogens is 1. The number of thiazole rings is 1. The molecule has 1 aromatic heterocycles. The highest BCUT2D eigenvalue weighted by Crippen LogP contribution is 2.12. The van der Waals surface area contributed by atoms with Crippen molar-refractivity contribution in [2.45, 2.75) is 26.6 Å². The molecule has 0 amide bonds. The molecule has 0 atom stereocenters. The fourth-order valence-corrected chi connectivity index (χ4v) is 2.52. The molecule has 0 saturated heterocycles. The summed E-state index contributed by atoms with van der Waals surface area (Å²) in [6, 6.07) is 8.66. The van der Waals surface area contributed by atoms with E-state index in [0.717, 1.165) is 23.8 Å². The standard InChI is InChI=1S/C14H19N3S/c1-11-3-5-12(6-4-11)8-17(2)9-13-10-18-14(7-15)16-13/h3-6,10H,7-9,15H2,1-2H3. The quantitative estimate of drug-likeness (QED) is 0.899. The molecule has 4 heteroatoms. The fraction of sp³-hybridized carbons (Fsp3) is 0.357. The van der Waals surface area contributed by atoms with Gasteiger partial charge in [-0.3, -0.25) is 4.90 Å². The lowest BCUT2D eigenvalue weighted by molar-refractivity contribution is 0.315. The van der Waals surface area contributed by atoms with E-state index in [1.165, 1.54) is 11.1 Å². The van der Waals surface area contributed by atoms with E-state index in [1.54, 1.807) is 11.3 Å². The second kappa shape index (κ2) is 6.09. The largest absolute Gasteiger partial charge is 0.325 e. The van der Waals surface area contributed by atoms with Gasteiger partial charge in [0.2, 0.25) is 0 Å². The third-order valence-corrected chi connectivity index (χ3v) is 3.70. The smallest absolute Gasteiger partial charge is 0.106 e. The highest BCUT2D eigenvalue weighted by molar-refractivity contribution is 7.09. The van der Waals surface area contributed by atoms with Gasteiger partial charge in [-0.05, 0) is 19.5 Å². The lowest BCUT2D eigenvalue weighted by atomic mass is 10.1. The molecule has 0 spiro atoms. The third kappa shape index (κ3) is 3.63. The highest BCUT2D eigenvalue weighted by atomic mass is 32.1. The van der Waals surface area contributed by atoms with Crippen LogP contribution >= 0.6 is 11.3 Å². The number of hydrogen-bond donors (Lipinski definition) is 1. The van der Waals surface area contributed by atoms with Gasteiger partial charge in [0.25, 0.3) is 0 Å². The Morgan fingerprint density at radius 3 is 2.56 bits per heavy atom. The van der Waals surface area contributed by atoms with Gasteiger partial charge < -0.3 is 5.73 Å². The number of aryl methyl sites for hydroxylation is 1. The van der Waals surface area contributed by atoms with Crippen molar-refractivity contribution in [2.75, 3.05) is 7.05 Å². The van der Waals surface area contributed by atoms with Crippen LogP contribution < -0.4 is 5.73 Å². The molecule has 0 radical (unpaired) electrons. The van der Waals surface area contributed by atoms with Gasteiger partial charge in [0.05, 0.1) is 5.69 Å². The Morgan fingerprint density at radius 2 is 1.94 bits per heavy atom. The molecule has 0 saturated carbocycles. The van der Waals surface area contributed by atoms with Crippen LogP contribution in [0.25, 0.3) is 0 Å². The van der Waals surface area contributed by atoms with Crippen molar-refractivity contribution in [3.63, 3.8) is 0 Å². The molecule has 1 heterocycles. The van der Waals surface area contributed by atoms with Gasteiger partial charge in [0, 0.05) is 25.0 Å². The first-order valence-corrected chi connectivity index (χ1v) is 6.93. The van der Waals surface area contributed by atoms with Crippen LogP contribution in [0.2, 0.25) is 0 Å². The Balaban J connectivity index is 1.91. The van der Waals surface area contributed by atoms with Gasteiger partial charge in [-0.25, -0.2) is 4.98 Å². The molecule has 0 aliphatic carbocycles. The number of nitrogens with zero attached hydrogens (tertiary/aromatic N) is 2. The molecule has 0 aliphatic heterocycles. The minimum absolute atomic E-state index is 0.534. The van der Waals surface area contributed by atoms with Crippen LogP contribution in [0.1, 0.15) is 21.8 Å². The van der Waals surface area contributed by atoms with Crippen LogP contribution in [0.5, 0.6) is 0 Å². The minimum Gasteiger partial charge on any atom is -0.325 e. The summed E-state index contributed by atoms with van der Waals surface area (Å²) >= 11 is 1.64. The van der Waals surface area contributed by atoms with E-state index in [0.29, 0.717) is 6.54 Å². The Morgan fingerprint density at radius 1 is 1.22 bits per heavy atom. The van der Waals surface area contributed by atoms with Gasteiger partial charge in [0.1, 0.15) is 5.01 Å². The van der Waals surface area contributed by atoms with Crippen molar-refractivity contribution in [3.05, 3.63) is 51.5 Å². The van der Waals surface area contributed by atoms with Crippen LogP contribution in [0, 0.1) is 6.92 Å². The van der Waals surface area contributed by atoms with Crippen molar-refractivity contribution in [3.8, 4) is 0 Å². The zero-order chi connectivity index (χ0) is 13.0. The molecular formula is C14H19N3S. The Labute approximate surface area is 112 Å². The van der Waals surface area contributed by atoms with Gasteiger partial charge in [-0.2, -0.15) is 0 Å². The lowest BCUT2D eigenvalue weighted by Gasteiger charge is -2.15.